The molecular formula is C19H15NO5S. The van der Waals surface area contributed by atoms with Gasteiger partial charge in [0, 0.05) is 12.1 Å². The zero-order valence-corrected chi connectivity index (χ0v) is 14.4. The van der Waals surface area contributed by atoms with Gasteiger partial charge < -0.3 is 0 Å². The number of benzene rings is 3. The zero-order valence-electron chi connectivity index (χ0n) is 13.6. The van der Waals surface area contributed by atoms with Crippen LogP contribution in [0.25, 0.3) is 0 Å². The maximum absolute atomic E-state index is 12.7. The molecule has 7 heteroatoms. The number of rotatable bonds is 6. The molecule has 132 valence electrons. The summed E-state index contributed by atoms with van der Waals surface area (Å²) in [7, 11) is -4.22. The molecule has 0 saturated heterocycles. The van der Waals surface area contributed by atoms with Gasteiger partial charge >= 0.3 is 0 Å². The largest absolute Gasteiger partial charge is 0.298 e. The van der Waals surface area contributed by atoms with Crippen molar-refractivity contribution in [2.45, 2.75) is 11.0 Å². The minimum Gasteiger partial charge on any atom is -0.258 e. The summed E-state index contributed by atoms with van der Waals surface area (Å²) in [6.07, 6.45) is -0.860. The maximum atomic E-state index is 12.7. The first kappa shape index (κ1) is 17.8. The van der Waals surface area contributed by atoms with E-state index in [-0.39, 0.29) is 10.6 Å². The van der Waals surface area contributed by atoms with Gasteiger partial charge in [0.05, 0.1) is 4.92 Å². The molecule has 0 saturated carbocycles. The van der Waals surface area contributed by atoms with E-state index in [1.54, 1.807) is 48.5 Å². The average molecular weight is 369 g/mol. The quantitative estimate of drug-likeness (QED) is 0.371. The third-order valence-electron chi connectivity index (χ3n) is 3.74. The molecule has 0 amide bonds. The van der Waals surface area contributed by atoms with Crippen LogP contribution in [0.2, 0.25) is 0 Å². The second-order valence-electron chi connectivity index (χ2n) is 5.51. The molecule has 26 heavy (non-hydrogen) atoms. The van der Waals surface area contributed by atoms with E-state index in [1.165, 1.54) is 18.2 Å². The van der Waals surface area contributed by atoms with Crippen molar-refractivity contribution < 1.29 is 17.5 Å². The molecule has 0 unspecified atom stereocenters. The smallest absolute Gasteiger partial charge is 0.258 e. The Bertz CT molecular complexity index is 965. The van der Waals surface area contributed by atoms with E-state index in [9.17, 15) is 18.5 Å². The molecule has 3 aromatic carbocycles. The summed E-state index contributed by atoms with van der Waals surface area (Å²) >= 11 is 0. The highest BCUT2D eigenvalue weighted by Crippen LogP contribution is 2.30. The standard InChI is InChI=1S/C19H15NO5S/c21-20(22)17-12-7-13-18(14-17)26(23,24)25-19(15-8-3-1-4-9-15)16-10-5-2-6-11-16/h1-14,19H. The first-order chi connectivity index (χ1) is 12.5. The van der Waals surface area contributed by atoms with E-state index in [1.807, 2.05) is 12.1 Å². The highest BCUT2D eigenvalue weighted by Gasteiger charge is 2.26. The van der Waals surface area contributed by atoms with E-state index >= 15 is 0 Å². The predicted octanol–water partition coefficient (Wildman–Crippen LogP) is 4.09. The Morgan fingerprint density at radius 1 is 0.808 bits per heavy atom. The van der Waals surface area contributed by atoms with E-state index in [2.05, 4.69) is 0 Å². The fourth-order valence-electron chi connectivity index (χ4n) is 2.49. The summed E-state index contributed by atoms with van der Waals surface area (Å²) < 4.78 is 30.9. The first-order valence-corrected chi connectivity index (χ1v) is 9.16. The Morgan fingerprint density at radius 3 is 1.85 bits per heavy atom. The van der Waals surface area contributed by atoms with Crippen LogP contribution in [-0.2, 0) is 14.3 Å². The van der Waals surface area contributed by atoms with Gasteiger partial charge in [0.25, 0.3) is 15.8 Å². The zero-order chi connectivity index (χ0) is 18.6. The van der Waals surface area contributed by atoms with Crippen molar-refractivity contribution >= 4 is 15.8 Å². The van der Waals surface area contributed by atoms with Gasteiger partial charge in [-0.15, -0.1) is 0 Å². The normalized spacial score (nSPS) is 11.4. The van der Waals surface area contributed by atoms with Crippen molar-refractivity contribution in [3.8, 4) is 0 Å². The molecule has 0 radical (unpaired) electrons. The van der Waals surface area contributed by atoms with Crippen molar-refractivity contribution in [3.63, 3.8) is 0 Å². The minimum atomic E-state index is -4.22. The molecule has 3 rings (SSSR count). The fraction of sp³-hybridized carbons (Fsp3) is 0.0526. The molecule has 0 aliphatic carbocycles. The summed E-state index contributed by atoms with van der Waals surface area (Å²) in [4.78, 5) is 10.0. The average Bonchev–Trinajstić information content (AvgIpc) is 2.67. The first-order valence-electron chi connectivity index (χ1n) is 7.75. The molecule has 0 atom stereocenters. The maximum Gasteiger partial charge on any atom is 0.298 e. The van der Waals surface area contributed by atoms with Crippen molar-refractivity contribution in [2.75, 3.05) is 0 Å². The molecule has 0 aliphatic rings. The number of nitrogens with zero attached hydrogens (tertiary/aromatic N) is 1. The van der Waals surface area contributed by atoms with Crippen LogP contribution in [0.5, 0.6) is 0 Å². The van der Waals surface area contributed by atoms with Gasteiger partial charge in [0.15, 0.2) is 0 Å². The third kappa shape index (κ3) is 3.96. The highest BCUT2D eigenvalue weighted by atomic mass is 32.2. The van der Waals surface area contributed by atoms with Gasteiger partial charge in [0.1, 0.15) is 11.0 Å². The molecule has 0 bridgehead atoms. The monoisotopic (exact) mass is 369 g/mol. The fourth-order valence-corrected chi connectivity index (χ4v) is 3.59. The van der Waals surface area contributed by atoms with Crippen LogP contribution < -0.4 is 0 Å². The third-order valence-corrected chi connectivity index (χ3v) is 5.02. The lowest BCUT2D eigenvalue weighted by molar-refractivity contribution is -0.385. The van der Waals surface area contributed by atoms with Crippen molar-refractivity contribution in [1.82, 2.24) is 0 Å². The number of nitro groups is 1. The molecular weight excluding hydrogens is 354 g/mol. The second-order valence-corrected chi connectivity index (χ2v) is 7.08. The summed E-state index contributed by atoms with van der Waals surface area (Å²) in [6.45, 7) is 0. The molecule has 0 aliphatic heterocycles. The SMILES string of the molecule is O=[N+]([O-])c1cccc(S(=O)(=O)OC(c2ccccc2)c2ccccc2)c1. The number of nitro benzene ring substituents is 1. The molecule has 0 fully saturated rings. The van der Waals surface area contributed by atoms with Crippen molar-refractivity contribution in [3.05, 3.63) is 106 Å². The summed E-state index contributed by atoms with van der Waals surface area (Å²) in [5.41, 5.74) is 1.01. The van der Waals surface area contributed by atoms with Crippen LogP contribution in [0.1, 0.15) is 17.2 Å². The molecule has 3 aromatic rings. The van der Waals surface area contributed by atoms with Crippen LogP contribution in [0.15, 0.2) is 89.8 Å². The Kier molecular flexibility index (Phi) is 5.11. The highest BCUT2D eigenvalue weighted by molar-refractivity contribution is 7.86. The Balaban J connectivity index is 2.01. The Morgan fingerprint density at radius 2 is 1.35 bits per heavy atom. The lowest BCUT2D eigenvalue weighted by Gasteiger charge is -2.18. The molecule has 0 spiro atoms. The van der Waals surface area contributed by atoms with E-state index in [4.69, 9.17) is 4.18 Å². The van der Waals surface area contributed by atoms with Crippen LogP contribution >= 0.6 is 0 Å². The molecule has 0 N–H and O–H groups in total. The van der Waals surface area contributed by atoms with E-state index in [0.717, 1.165) is 6.07 Å². The van der Waals surface area contributed by atoms with Gasteiger partial charge in [-0.2, -0.15) is 8.42 Å². The van der Waals surface area contributed by atoms with Gasteiger partial charge in [-0.25, -0.2) is 0 Å². The number of hydrogen-bond acceptors (Lipinski definition) is 5. The van der Waals surface area contributed by atoms with Gasteiger partial charge in [0.2, 0.25) is 0 Å². The van der Waals surface area contributed by atoms with Gasteiger partial charge in [-0.3, -0.25) is 14.3 Å². The van der Waals surface area contributed by atoms with E-state index in [0.29, 0.717) is 11.1 Å². The molecule has 0 heterocycles. The lowest BCUT2D eigenvalue weighted by Crippen LogP contribution is -2.14. The lowest BCUT2D eigenvalue weighted by atomic mass is 10.0. The minimum absolute atomic E-state index is 0.261. The Hall–Kier alpha value is -3.03. The van der Waals surface area contributed by atoms with Crippen LogP contribution in [0.4, 0.5) is 5.69 Å². The van der Waals surface area contributed by atoms with Crippen LogP contribution in [0, 0.1) is 10.1 Å². The van der Waals surface area contributed by atoms with Crippen LogP contribution in [0.3, 0.4) is 0 Å². The van der Waals surface area contributed by atoms with Gasteiger partial charge in [-0.1, -0.05) is 66.7 Å². The summed E-state index contributed by atoms with van der Waals surface area (Å²) in [5, 5.41) is 10.9. The summed E-state index contributed by atoms with van der Waals surface area (Å²) in [6, 6.07) is 22.6. The van der Waals surface area contributed by atoms with Crippen LogP contribution in [-0.4, -0.2) is 13.3 Å². The number of non-ortho nitro benzene ring substituents is 1. The molecule has 6 nitrogen and oxygen atoms in total. The summed E-state index contributed by atoms with van der Waals surface area (Å²) in [5.74, 6) is 0. The van der Waals surface area contributed by atoms with Crippen molar-refractivity contribution in [2.24, 2.45) is 0 Å². The molecule has 0 aromatic heterocycles. The topological polar surface area (TPSA) is 86.5 Å². The van der Waals surface area contributed by atoms with Gasteiger partial charge in [-0.05, 0) is 17.2 Å². The van der Waals surface area contributed by atoms with E-state index < -0.39 is 21.1 Å². The predicted molar refractivity (Wildman–Crippen MR) is 96.1 cm³/mol. The number of hydrogen-bond donors (Lipinski definition) is 0. The van der Waals surface area contributed by atoms with Crippen molar-refractivity contribution in [1.29, 1.82) is 0 Å². The second kappa shape index (κ2) is 7.47. The Labute approximate surface area is 151 Å².